The fourth-order valence-corrected chi connectivity index (χ4v) is 9.35. The number of H-pyrrole nitrogens is 1. The van der Waals surface area contributed by atoms with E-state index in [0.717, 1.165) is 77.5 Å². The Bertz CT molecular complexity index is 2300. The van der Waals surface area contributed by atoms with Gasteiger partial charge in [-0.15, -0.1) is 0 Å². The Balaban J connectivity index is 0.965. The van der Waals surface area contributed by atoms with Crippen LogP contribution in [0.15, 0.2) is 53.5 Å². The highest BCUT2D eigenvalue weighted by Crippen LogP contribution is 2.28. The number of piperazine rings is 1. The molecule has 0 unspecified atom stereocenters. The van der Waals surface area contributed by atoms with Crippen LogP contribution in [-0.2, 0) is 37.0 Å². The second kappa shape index (κ2) is 21.6. The van der Waals surface area contributed by atoms with Crippen LogP contribution < -0.4 is 16.6 Å². The van der Waals surface area contributed by atoms with E-state index in [-0.39, 0.29) is 55.1 Å². The quantitative estimate of drug-likeness (QED) is 0.106. The number of carbonyl (C=O) groups is 4. The number of aryl methyl sites for hydroxylation is 1. The number of nitrogens with one attached hydrogen (secondary N) is 2. The van der Waals surface area contributed by atoms with Gasteiger partial charge in [0, 0.05) is 80.8 Å². The lowest BCUT2D eigenvalue weighted by atomic mass is 9.89. The summed E-state index contributed by atoms with van der Waals surface area (Å²) in [5, 5.41) is 9.66. The number of pyridine rings is 1. The predicted octanol–water partition coefficient (Wildman–Crippen LogP) is 4.51. The van der Waals surface area contributed by atoms with Crippen LogP contribution in [0, 0.1) is 12.8 Å². The van der Waals surface area contributed by atoms with Gasteiger partial charge in [-0.25, -0.2) is 9.48 Å². The summed E-state index contributed by atoms with van der Waals surface area (Å²) in [7, 11) is 2.17. The number of likely N-dealkylation sites (tertiary alicyclic amines) is 2. The SMILES string of the molecule is Cc1cc(C[C@@H](NC(=O)N2CCC(c3cc4ccccc4[nH]c3=O)CC2)C(=O)N2CCN(C3CCN(C)CC3)CC2)cc2cn(COC(=O)CCCCCOC(=O)[C@@H](N)C(C)C)nc12. The van der Waals surface area contributed by atoms with E-state index in [4.69, 9.17) is 15.2 Å². The fraction of sp³-hybridized carbons (Fsp3) is 0.583. The van der Waals surface area contributed by atoms with Crippen molar-refractivity contribution in [3.8, 4) is 0 Å². The molecule has 3 amide bonds. The van der Waals surface area contributed by atoms with Gasteiger partial charge in [-0.05, 0) is 119 Å². The number of aromatic amines is 1. The highest BCUT2D eigenvalue weighted by molar-refractivity contribution is 5.88. The zero-order valence-electron chi connectivity index (χ0n) is 38.1. The van der Waals surface area contributed by atoms with Gasteiger partial charge < -0.3 is 40.2 Å². The molecule has 4 aromatic rings. The Kier molecular flexibility index (Phi) is 15.7. The van der Waals surface area contributed by atoms with Crippen LogP contribution in [0.2, 0.25) is 0 Å². The molecule has 3 aliphatic rings. The predicted molar refractivity (Wildman–Crippen MR) is 246 cm³/mol. The minimum atomic E-state index is -0.791. The van der Waals surface area contributed by atoms with Crippen LogP contribution in [0.25, 0.3) is 21.8 Å². The second-order valence-electron chi connectivity index (χ2n) is 18.4. The van der Waals surface area contributed by atoms with Crippen molar-refractivity contribution >= 4 is 45.7 Å². The number of hydrogen-bond donors (Lipinski definition) is 3. The number of unbranched alkanes of at least 4 members (excludes halogenated alkanes) is 2. The van der Waals surface area contributed by atoms with Crippen molar-refractivity contribution in [2.45, 2.75) is 109 Å². The maximum Gasteiger partial charge on any atom is 0.323 e. The minimum absolute atomic E-state index is 0.00689. The van der Waals surface area contributed by atoms with Crippen molar-refractivity contribution in [3.63, 3.8) is 0 Å². The molecular weight excluding hydrogens is 815 g/mol. The molecule has 5 heterocycles. The standard InChI is InChI=1S/C48H67N9O7/c1-32(2)43(49)47(61)63-25-9-5-6-12-42(58)64-31-57-30-37-27-34(26-33(3)44(37)52-57)28-41(46(60)55-23-21-54(22-24-55)38-15-17-53(4)18-16-38)51-48(62)56-19-13-35(14-20-56)39-29-36-10-7-8-11-40(36)50-45(39)59/h7-8,10-11,26-27,29-30,32,35,38,41,43H,5-6,9,12-25,28,31,49H2,1-4H3,(H,50,59)(H,51,62)/t41-,43+/m1/s1. The summed E-state index contributed by atoms with van der Waals surface area (Å²) in [6.45, 7) is 11.9. The van der Waals surface area contributed by atoms with Crippen LogP contribution in [0.4, 0.5) is 4.79 Å². The third-order valence-electron chi connectivity index (χ3n) is 13.4. The molecule has 4 N–H and O–H groups in total. The van der Waals surface area contributed by atoms with Gasteiger partial charge in [0.05, 0.1) is 12.1 Å². The average Bonchev–Trinajstić information content (AvgIpc) is 3.72. The number of piperidine rings is 2. The van der Waals surface area contributed by atoms with E-state index in [0.29, 0.717) is 70.7 Å². The molecule has 2 aromatic heterocycles. The number of nitrogens with two attached hydrogens (primary N) is 1. The number of para-hydroxylation sites is 1. The van der Waals surface area contributed by atoms with Crippen molar-refractivity contribution < 1.29 is 28.7 Å². The molecule has 3 aliphatic heterocycles. The summed E-state index contributed by atoms with van der Waals surface area (Å²) in [6.07, 6.45) is 7.86. The summed E-state index contributed by atoms with van der Waals surface area (Å²) in [5.74, 6) is -0.805. The molecule has 7 rings (SSSR count). The number of amides is 3. The van der Waals surface area contributed by atoms with Crippen LogP contribution in [0.3, 0.4) is 0 Å². The van der Waals surface area contributed by atoms with Crippen LogP contribution in [0.5, 0.6) is 0 Å². The molecule has 2 aromatic carbocycles. The lowest BCUT2D eigenvalue weighted by Crippen LogP contribution is -2.59. The van der Waals surface area contributed by atoms with Gasteiger partial charge in [-0.3, -0.25) is 24.1 Å². The molecule has 0 spiro atoms. The maximum absolute atomic E-state index is 14.5. The molecule has 16 heteroatoms. The number of esters is 2. The maximum atomic E-state index is 14.5. The molecule has 0 saturated carbocycles. The monoisotopic (exact) mass is 882 g/mol. The first-order chi connectivity index (χ1) is 30.8. The van der Waals surface area contributed by atoms with Gasteiger partial charge in [-0.2, -0.15) is 5.10 Å². The van der Waals surface area contributed by atoms with E-state index >= 15 is 0 Å². The lowest BCUT2D eigenvalue weighted by Gasteiger charge is -2.43. The summed E-state index contributed by atoms with van der Waals surface area (Å²) in [6, 6.07) is 12.5. The number of benzene rings is 2. The number of urea groups is 1. The van der Waals surface area contributed by atoms with Crippen molar-refractivity contribution in [1.82, 2.24) is 39.7 Å². The lowest BCUT2D eigenvalue weighted by molar-refractivity contribution is -0.149. The number of aromatic nitrogens is 3. The van der Waals surface area contributed by atoms with Gasteiger partial charge >= 0.3 is 18.0 Å². The molecule has 3 saturated heterocycles. The van der Waals surface area contributed by atoms with E-state index in [2.05, 4.69) is 32.2 Å². The molecule has 2 atom stereocenters. The number of rotatable bonds is 16. The van der Waals surface area contributed by atoms with Crippen molar-refractivity contribution in [1.29, 1.82) is 0 Å². The second-order valence-corrected chi connectivity index (χ2v) is 18.4. The minimum Gasteiger partial charge on any atom is -0.465 e. The van der Waals surface area contributed by atoms with Gasteiger partial charge in [0.1, 0.15) is 12.1 Å². The molecular formula is C48H67N9O7. The molecule has 0 radical (unpaired) electrons. The third-order valence-corrected chi connectivity index (χ3v) is 13.4. The van der Waals surface area contributed by atoms with Crippen LogP contribution in [-0.4, -0.2) is 142 Å². The Labute approximate surface area is 375 Å². The van der Waals surface area contributed by atoms with Gasteiger partial charge in [0.2, 0.25) is 5.91 Å². The molecule has 3 fully saturated rings. The molecule has 16 nitrogen and oxygen atoms in total. The van der Waals surface area contributed by atoms with E-state index in [1.807, 2.05) is 74.3 Å². The van der Waals surface area contributed by atoms with Crippen LogP contribution in [0.1, 0.15) is 87.8 Å². The number of fused-ring (bicyclic) bond motifs is 2. The average molecular weight is 882 g/mol. The van der Waals surface area contributed by atoms with Gasteiger partial charge in [-0.1, -0.05) is 38.1 Å². The van der Waals surface area contributed by atoms with Crippen molar-refractivity contribution in [3.05, 3.63) is 75.7 Å². The summed E-state index contributed by atoms with van der Waals surface area (Å²) in [4.78, 5) is 77.6. The Morgan fingerprint density at radius 2 is 1.61 bits per heavy atom. The molecule has 346 valence electrons. The first kappa shape index (κ1) is 46.7. The van der Waals surface area contributed by atoms with Gasteiger partial charge in [0.15, 0.2) is 6.73 Å². The Morgan fingerprint density at radius 3 is 2.34 bits per heavy atom. The number of carbonyl (C=O) groups excluding carboxylic acids is 4. The number of ether oxygens (including phenoxy) is 2. The summed E-state index contributed by atoms with van der Waals surface area (Å²) >= 11 is 0. The van der Waals surface area contributed by atoms with E-state index in [1.54, 1.807) is 9.58 Å². The summed E-state index contributed by atoms with van der Waals surface area (Å²) in [5.41, 5.74) is 9.85. The van der Waals surface area contributed by atoms with Crippen molar-refractivity contribution in [2.75, 3.05) is 66.0 Å². The smallest absolute Gasteiger partial charge is 0.323 e. The van der Waals surface area contributed by atoms with Gasteiger partial charge in [0.25, 0.3) is 5.56 Å². The largest absolute Gasteiger partial charge is 0.465 e. The van der Waals surface area contributed by atoms with Crippen molar-refractivity contribution in [2.24, 2.45) is 11.7 Å². The topological polar surface area (TPSA) is 188 Å². The zero-order chi connectivity index (χ0) is 45.3. The Hall–Kier alpha value is -5.32. The fourth-order valence-electron chi connectivity index (χ4n) is 9.35. The van der Waals surface area contributed by atoms with E-state index in [1.165, 1.54) is 0 Å². The highest BCUT2D eigenvalue weighted by atomic mass is 16.5. The van der Waals surface area contributed by atoms with E-state index < -0.39 is 18.1 Å². The number of hydrogen-bond acceptors (Lipinski definition) is 11. The van der Waals surface area contributed by atoms with Crippen LogP contribution >= 0.6 is 0 Å². The molecule has 0 aliphatic carbocycles. The third kappa shape index (κ3) is 11.9. The normalized spacial score (nSPS) is 18.1. The zero-order valence-corrected chi connectivity index (χ0v) is 38.1. The summed E-state index contributed by atoms with van der Waals surface area (Å²) < 4.78 is 12.4. The van der Waals surface area contributed by atoms with E-state index in [9.17, 15) is 24.0 Å². The Morgan fingerprint density at radius 1 is 0.875 bits per heavy atom. The molecule has 64 heavy (non-hydrogen) atoms. The highest BCUT2D eigenvalue weighted by Gasteiger charge is 2.34. The number of nitrogens with zero attached hydrogens (tertiary/aromatic N) is 6. The molecule has 0 bridgehead atoms. The first-order valence-electron chi connectivity index (χ1n) is 23.3. The first-order valence-corrected chi connectivity index (χ1v) is 23.3.